The molecule has 196 valence electrons. The number of furan rings is 1. The lowest BCUT2D eigenvalue weighted by molar-refractivity contribution is 0.266. The van der Waals surface area contributed by atoms with E-state index >= 15 is 0 Å². The van der Waals surface area contributed by atoms with Gasteiger partial charge in [-0.2, -0.15) is 9.35 Å². The first-order valence-electron chi connectivity index (χ1n) is 12.7. The normalized spacial score (nSPS) is 17.1. The second-order valence-corrected chi connectivity index (χ2v) is 12.9. The summed E-state index contributed by atoms with van der Waals surface area (Å²) in [6.07, 6.45) is 11.8. The first kappa shape index (κ1) is 24.6. The minimum absolute atomic E-state index is 0.397. The Hall–Kier alpha value is -3.76. The van der Waals surface area contributed by atoms with Crippen molar-refractivity contribution in [1.82, 2.24) is 19.9 Å². The highest BCUT2D eigenvalue weighted by Crippen LogP contribution is 2.40. The summed E-state index contributed by atoms with van der Waals surface area (Å²) in [6, 6.07) is 11.7. The van der Waals surface area contributed by atoms with Crippen molar-refractivity contribution in [3.8, 4) is 11.1 Å². The number of anilines is 4. The van der Waals surface area contributed by atoms with Gasteiger partial charge in [-0.25, -0.2) is 14.2 Å². The molecule has 0 bridgehead atoms. The molecule has 6 rings (SSSR count). The van der Waals surface area contributed by atoms with Crippen LogP contribution in [0.1, 0.15) is 35.4 Å². The topological polar surface area (TPSA) is 109 Å². The molecule has 1 aliphatic carbocycles. The van der Waals surface area contributed by atoms with Crippen LogP contribution in [0.25, 0.3) is 11.1 Å². The fourth-order valence-corrected chi connectivity index (χ4v) is 6.05. The molecule has 1 unspecified atom stereocenters. The smallest absolute Gasteiger partial charge is 0.229 e. The molecular weight excluding hydrogens is 498 g/mol. The van der Waals surface area contributed by atoms with Gasteiger partial charge in [0.2, 0.25) is 5.95 Å². The summed E-state index contributed by atoms with van der Waals surface area (Å²) in [5.41, 5.74) is 7.00. The number of hydrogen-bond donors (Lipinski definition) is 2. The SMILES string of the molecule is CN1Cc2cc(Nc3ncc(-c4ccoc4)c(Nc4cccc(N=S(C)(C)=O)n4)n3)cc3c2C(CCC3)C1. The van der Waals surface area contributed by atoms with E-state index in [2.05, 4.69) is 49.0 Å². The Kier molecular flexibility index (Phi) is 6.37. The van der Waals surface area contributed by atoms with E-state index in [1.54, 1.807) is 42.9 Å². The van der Waals surface area contributed by atoms with E-state index in [1.807, 2.05) is 18.2 Å². The maximum absolute atomic E-state index is 12.2. The fraction of sp³-hybridized carbons (Fsp3) is 0.321. The van der Waals surface area contributed by atoms with Gasteiger partial charge in [0.15, 0.2) is 5.82 Å². The molecule has 2 N–H and O–H groups in total. The predicted octanol–water partition coefficient (Wildman–Crippen LogP) is 5.84. The Morgan fingerprint density at radius 3 is 2.82 bits per heavy atom. The number of hydrogen-bond acceptors (Lipinski definition) is 9. The van der Waals surface area contributed by atoms with Gasteiger partial charge >= 0.3 is 0 Å². The Morgan fingerprint density at radius 2 is 2.00 bits per heavy atom. The van der Waals surface area contributed by atoms with Crippen molar-refractivity contribution in [1.29, 1.82) is 0 Å². The summed E-state index contributed by atoms with van der Waals surface area (Å²) >= 11 is 0. The molecule has 3 aromatic heterocycles. The van der Waals surface area contributed by atoms with Crippen LogP contribution in [0.15, 0.2) is 63.9 Å². The van der Waals surface area contributed by atoms with Gasteiger partial charge in [-0.15, -0.1) is 0 Å². The first-order valence-corrected chi connectivity index (χ1v) is 15.1. The minimum Gasteiger partial charge on any atom is -0.472 e. The summed E-state index contributed by atoms with van der Waals surface area (Å²) in [4.78, 5) is 16.4. The fourth-order valence-electron chi connectivity index (χ4n) is 5.50. The van der Waals surface area contributed by atoms with Gasteiger partial charge in [-0.1, -0.05) is 6.07 Å². The number of rotatable bonds is 6. The predicted molar refractivity (Wildman–Crippen MR) is 151 cm³/mol. The molecule has 4 aromatic rings. The summed E-state index contributed by atoms with van der Waals surface area (Å²) in [6.45, 7) is 2.09. The van der Waals surface area contributed by atoms with Crippen LogP contribution in [0.2, 0.25) is 0 Å². The third-order valence-electron chi connectivity index (χ3n) is 6.90. The number of benzene rings is 1. The van der Waals surface area contributed by atoms with Gasteiger partial charge in [0.1, 0.15) is 11.6 Å². The monoisotopic (exact) mass is 529 g/mol. The van der Waals surface area contributed by atoms with Crippen LogP contribution in [0.4, 0.5) is 29.1 Å². The van der Waals surface area contributed by atoms with Crippen molar-refractivity contribution in [3.05, 3.63) is 71.8 Å². The molecular formula is C28H31N7O2S. The average molecular weight is 530 g/mol. The highest BCUT2D eigenvalue weighted by atomic mass is 32.2. The van der Waals surface area contributed by atoms with Gasteiger partial charge < -0.3 is 20.0 Å². The highest BCUT2D eigenvalue weighted by Gasteiger charge is 2.29. The summed E-state index contributed by atoms with van der Waals surface area (Å²) in [5, 5.41) is 6.75. The zero-order valence-corrected chi connectivity index (χ0v) is 22.6. The molecule has 38 heavy (non-hydrogen) atoms. The average Bonchev–Trinajstić information content (AvgIpc) is 3.38. The Balaban J connectivity index is 1.35. The summed E-state index contributed by atoms with van der Waals surface area (Å²) in [5.74, 6) is 2.62. The van der Waals surface area contributed by atoms with E-state index in [9.17, 15) is 4.21 Å². The van der Waals surface area contributed by atoms with Crippen LogP contribution in [0.5, 0.6) is 0 Å². The van der Waals surface area contributed by atoms with E-state index in [-0.39, 0.29) is 0 Å². The summed E-state index contributed by atoms with van der Waals surface area (Å²) < 4.78 is 21.7. The number of aryl methyl sites for hydroxylation is 1. The number of likely N-dealkylation sites (N-methyl/N-ethyl adjacent to an activating group) is 1. The van der Waals surface area contributed by atoms with Crippen LogP contribution >= 0.6 is 0 Å². The highest BCUT2D eigenvalue weighted by molar-refractivity contribution is 7.92. The lowest BCUT2D eigenvalue weighted by atomic mass is 9.77. The van der Waals surface area contributed by atoms with Crippen molar-refractivity contribution in [2.75, 3.05) is 36.7 Å². The number of aromatic nitrogens is 3. The molecule has 10 heteroatoms. The maximum Gasteiger partial charge on any atom is 0.229 e. The second kappa shape index (κ2) is 9.85. The van der Waals surface area contributed by atoms with Gasteiger partial charge in [-0.05, 0) is 79.3 Å². The quantitative estimate of drug-likeness (QED) is 0.321. The molecule has 2 aliphatic rings. The molecule has 1 aliphatic heterocycles. The summed E-state index contributed by atoms with van der Waals surface area (Å²) in [7, 11) is -0.136. The van der Waals surface area contributed by atoms with Crippen LogP contribution in [0.3, 0.4) is 0 Å². The van der Waals surface area contributed by atoms with Gasteiger partial charge in [0.05, 0.1) is 12.5 Å². The molecule has 0 amide bonds. The lowest BCUT2D eigenvalue weighted by Crippen LogP contribution is -2.33. The lowest BCUT2D eigenvalue weighted by Gasteiger charge is -2.37. The molecule has 9 nitrogen and oxygen atoms in total. The molecule has 0 radical (unpaired) electrons. The van der Waals surface area contributed by atoms with Crippen molar-refractivity contribution in [2.24, 2.45) is 4.36 Å². The van der Waals surface area contributed by atoms with Crippen LogP contribution in [-0.2, 0) is 22.7 Å². The Labute approximate surface area is 222 Å². The molecule has 0 saturated heterocycles. The van der Waals surface area contributed by atoms with E-state index in [0.717, 1.165) is 36.3 Å². The van der Waals surface area contributed by atoms with E-state index in [0.29, 0.717) is 29.3 Å². The molecule has 1 atom stereocenters. The van der Waals surface area contributed by atoms with Crippen molar-refractivity contribution < 1.29 is 8.63 Å². The number of pyridine rings is 1. The van der Waals surface area contributed by atoms with Crippen LogP contribution in [-0.4, -0.2) is 50.2 Å². The van der Waals surface area contributed by atoms with E-state index < -0.39 is 9.73 Å². The Bertz CT molecular complexity index is 1600. The van der Waals surface area contributed by atoms with Gasteiger partial charge in [0, 0.05) is 58.3 Å². The zero-order chi connectivity index (χ0) is 26.3. The van der Waals surface area contributed by atoms with Gasteiger partial charge in [-0.3, -0.25) is 0 Å². The standard InChI is InChI=1S/C28H31N7O2S/c1-35-15-19-7-4-6-18-12-22(13-21(16-35)26(18)19)30-28-29-14-23(20-10-11-37-17-20)27(33-28)32-24-8-5-9-25(31-24)34-38(2,3)36/h5,8-14,17,19H,4,6-7,15-16H2,1-3H3,(H2,29,30,31,32,33). The molecule has 0 saturated carbocycles. The minimum atomic E-state index is -2.33. The third-order valence-corrected chi connectivity index (χ3v) is 7.53. The van der Waals surface area contributed by atoms with E-state index in [4.69, 9.17) is 9.40 Å². The maximum atomic E-state index is 12.2. The van der Waals surface area contributed by atoms with Crippen molar-refractivity contribution >= 4 is 38.8 Å². The van der Waals surface area contributed by atoms with Crippen molar-refractivity contribution in [3.63, 3.8) is 0 Å². The third kappa shape index (κ3) is 5.27. The van der Waals surface area contributed by atoms with Crippen molar-refractivity contribution in [2.45, 2.75) is 31.7 Å². The van der Waals surface area contributed by atoms with E-state index in [1.165, 1.54) is 24.0 Å². The largest absolute Gasteiger partial charge is 0.472 e. The van der Waals surface area contributed by atoms with Gasteiger partial charge in [0.25, 0.3) is 0 Å². The van der Waals surface area contributed by atoms with Crippen LogP contribution < -0.4 is 10.6 Å². The molecule has 0 fully saturated rings. The Morgan fingerprint density at radius 1 is 1.13 bits per heavy atom. The van der Waals surface area contributed by atoms with Crippen LogP contribution in [0, 0.1) is 0 Å². The number of nitrogens with zero attached hydrogens (tertiary/aromatic N) is 5. The molecule has 0 spiro atoms. The molecule has 1 aromatic carbocycles. The molecule has 4 heterocycles. The second-order valence-electron chi connectivity index (χ2n) is 10.4. The zero-order valence-electron chi connectivity index (χ0n) is 21.8. The first-order chi connectivity index (χ1) is 18.3. The number of nitrogens with one attached hydrogen (secondary N) is 2.